The van der Waals surface area contributed by atoms with Crippen LogP contribution >= 0.6 is 0 Å². The van der Waals surface area contributed by atoms with Gasteiger partial charge in [0.1, 0.15) is 23.5 Å². The number of piperidine rings is 2. The third-order valence-corrected chi connectivity index (χ3v) is 8.40. The van der Waals surface area contributed by atoms with Gasteiger partial charge in [0.15, 0.2) is 0 Å². The molecule has 3 heterocycles. The SMILES string of the molecule is CN1Cc2ccc(-c3ccc(CCC(C#N)NC(=O)C4C5CCC(CC5)N4C(=O)OC(C)(C)C)c(F)c3)cc2C1. The van der Waals surface area contributed by atoms with Crippen molar-refractivity contribution in [2.75, 3.05) is 7.05 Å². The normalized spacial score (nSPS) is 22.9. The number of benzene rings is 2. The Morgan fingerprint density at radius 2 is 1.75 bits per heavy atom. The maximum absolute atomic E-state index is 15.1. The molecular weight excluding hydrogens is 507 g/mol. The number of carbonyl (C=O) groups is 2. The van der Waals surface area contributed by atoms with Gasteiger partial charge in [-0.15, -0.1) is 0 Å². The first-order valence-corrected chi connectivity index (χ1v) is 14.3. The van der Waals surface area contributed by atoms with E-state index in [0.717, 1.165) is 49.9 Å². The van der Waals surface area contributed by atoms with E-state index >= 15 is 4.39 Å². The molecule has 2 aromatic rings. The minimum absolute atomic E-state index is 0.0321. The number of ether oxygens (including phenoxy) is 1. The Labute approximate surface area is 236 Å². The van der Waals surface area contributed by atoms with Gasteiger partial charge in [0.25, 0.3) is 0 Å². The summed E-state index contributed by atoms with van der Waals surface area (Å²) in [6.07, 6.45) is 3.56. The molecule has 1 N–H and O–H groups in total. The van der Waals surface area contributed by atoms with Crippen molar-refractivity contribution in [2.24, 2.45) is 5.92 Å². The van der Waals surface area contributed by atoms with Crippen LogP contribution in [-0.4, -0.2) is 52.6 Å². The Bertz CT molecular complexity index is 1320. The standard InChI is InChI=1S/C32H39FN4O3/c1-32(2,3)40-31(39)37-27-13-10-21(11-14-27)29(37)30(38)35-26(17-34)12-9-20-5-6-23(16-28(20)33)22-7-8-24-18-36(4)19-25(24)15-22/h5-8,15-16,21,26-27,29H,9-14,18-19H2,1-4H3,(H,35,38). The van der Waals surface area contributed by atoms with Crippen molar-refractivity contribution in [2.45, 2.75) is 96.1 Å². The maximum atomic E-state index is 15.1. The fourth-order valence-electron chi connectivity index (χ4n) is 6.47. The van der Waals surface area contributed by atoms with Crippen molar-refractivity contribution in [3.05, 3.63) is 58.9 Å². The van der Waals surface area contributed by atoms with Crippen LogP contribution in [0.4, 0.5) is 9.18 Å². The average Bonchev–Trinajstić information content (AvgIpc) is 3.29. The van der Waals surface area contributed by atoms with Gasteiger partial charge in [-0.25, -0.2) is 9.18 Å². The molecule has 3 fully saturated rings. The van der Waals surface area contributed by atoms with Crippen molar-refractivity contribution in [1.29, 1.82) is 5.26 Å². The van der Waals surface area contributed by atoms with Crippen molar-refractivity contribution in [3.63, 3.8) is 0 Å². The summed E-state index contributed by atoms with van der Waals surface area (Å²) in [6, 6.07) is 12.2. The molecule has 0 aromatic heterocycles. The van der Waals surface area contributed by atoms with E-state index in [1.54, 1.807) is 17.0 Å². The van der Waals surface area contributed by atoms with Gasteiger partial charge < -0.3 is 10.1 Å². The fourth-order valence-corrected chi connectivity index (χ4v) is 6.47. The Hall–Kier alpha value is -3.44. The first kappa shape index (κ1) is 28.1. The molecule has 2 unspecified atom stereocenters. The van der Waals surface area contributed by atoms with Crippen LogP contribution in [0.25, 0.3) is 11.1 Å². The van der Waals surface area contributed by atoms with Crippen LogP contribution in [0.15, 0.2) is 36.4 Å². The van der Waals surface area contributed by atoms with E-state index in [9.17, 15) is 14.9 Å². The largest absolute Gasteiger partial charge is 0.444 e. The summed E-state index contributed by atoms with van der Waals surface area (Å²) in [6.45, 7) is 7.25. The number of nitrogens with one attached hydrogen (secondary N) is 1. The van der Waals surface area contributed by atoms with E-state index in [1.165, 1.54) is 11.1 Å². The number of nitriles is 1. The second-order valence-corrected chi connectivity index (χ2v) is 12.6. The lowest BCUT2D eigenvalue weighted by atomic mass is 9.74. The molecule has 212 valence electrons. The van der Waals surface area contributed by atoms with Crippen LogP contribution in [0.3, 0.4) is 0 Å². The van der Waals surface area contributed by atoms with Gasteiger partial charge in [0, 0.05) is 19.1 Å². The highest BCUT2D eigenvalue weighted by atomic mass is 19.1. The van der Waals surface area contributed by atoms with Crippen LogP contribution in [0.5, 0.6) is 0 Å². The van der Waals surface area contributed by atoms with E-state index in [4.69, 9.17) is 4.74 Å². The van der Waals surface area contributed by atoms with Gasteiger partial charge in [0.2, 0.25) is 5.91 Å². The number of nitrogens with zero attached hydrogens (tertiary/aromatic N) is 3. The minimum Gasteiger partial charge on any atom is -0.444 e. The summed E-state index contributed by atoms with van der Waals surface area (Å²) in [5.74, 6) is -0.606. The number of aryl methyl sites for hydroxylation is 1. The molecule has 2 amide bonds. The van der Waals surface area contributed by atoms with E-state index < -0.39 is 23.8 Å². The summed E-state index contributed by atoms with van der Waals surface area (Å²) in [4.78, 5) is 30.3. The molecule has 3 aliphatic heterocycles. The zero-order valence-electron chi connectivity index (χ0n) is 23.9. The molecule has 0 spiro atoms. The molecular formula is C32H39FN4O3. The summed E-state index contributed by atoms with van der Waals surface area (Å²) < 4.78 is 20.7. The van der Waals surface area contributed by atoms with Crippen LogP contribution in [0, 0.1) is 23.1 Å². The highest BCUT2D eigenvalue weighted by Gasteiger charge is 2.49. The predicted octanol–water partition coefficient (Wildman–Crippen LogP) is 5.56. The monoisotopic (exact) mass is 546 g/mol. The molecule has 1 saturated carbocycles. The predicted molar refractivity (Wildman–Crippen MR) is 150 cm³/mol. The van der Waals surface area contributed by atoms with E-state index in [2.05, 4.69) is 35.5 Å². The van der Waals surface area contributed by atoms with Crippen LogP contribution in [-0.2, 0) is 29.0 Å². The molecule has 8 heteroatoms. The van der Waals surface area contributed by atoms with Crippen molar-refractivity contribution in [3.8, 4) is 17.2 Å². The first-order valence-electron chi connectivity index (χ1n) is 14.3. The Balaban J connectivity index is 1.23. The van der Waals surface area contributed by atoms with Crippen molar-refractivity contribution < 1.29 is 18.7 Å². The zero-order chi connectivity index (χ0) is 28.6. The number of amides is 2. The van der Waals surface area contributed by atoms with Crippen molar-refractivity contribution in [1.82, 2.24) is 15.1 Å². The molecule has 1 aliphatic carbocycles. The van der Waals surface area contributed by atoms with Gasteiger partial charge in [-0.2, -0.15) is 5.26 Å². The van der Waals surface area contributed by atoms with Gasteiger partial charge in [-0.05, 0) is 112 Å². The molecule has 2 bridgehead atoms. The molecule has 6 rings (SSSR count). The molecule has 7 nitrogen and oxygen atoms in total. The lowest BCUT2D eigenvalue weighted by Crippen LogP contribution is -2.64. The first-order chi connectivity index (χ1) is 19.0. The van der Waals surface area contributed by atoms with Gasteiger partial charge in [0.05, 0.1) is 6.07 Å². The number of hydrogen-bond donors (Lipinski definition) is 1. The highest BCUT2D eigenvalue weighted by molar-refractivity contribution is 5.87. The molecule has 0 radical (unpaired) electrons. The molecule has 4 aliphatic rings. The average molecular weight is 547 g/mol. The lowest BCUT2D eigenvalue weighted by Gasteiger charge is -2.50. The third kappa shape index (κ3) is 6.00. The van der Waals surface area contributed by atoms with Crippen LogP contribution in [0.1, 0.15) is 69.6 Å². The van der Waals surface area contributed by atoms with Gasteiger partial charge >= 0.3 is 6.09 Å². The number of carbonyl (C=O) groups excluding carboxylic acids is 2. The fraction of sp³-hybridized carbons (Fsp3) is 0.531. The number of fused-ring (bicyclic) bond motifs is 4. The van der Waals surface area contributed by atoms with Crippen LogP contribution in [0.2, 0.25) is 0 Å². The van der Waals surface area contributed by atoms with E-state index in [-0.39, 0.29) is 30.1 Å². The Morgan fingerprint density at radius 1 is 1.07 bits per heavy atom. The van der Waals surface area contributed by atoms with Gasteiger partial charge in [-0.1, -0.05) is 24.3 Å². The quantitative estimate of drug-likeness (QED) is 0.513. The summed E-state index contributed by atoms with van der Waals surface area (Å²) in [7, 11) is 2.08. The maximum Gasteiger partial charge on any atom is 0.411 e. The van der Waals surface area contributed by atoms with E-state index in [1.807, 2.05) is 32.9 Å². The zero-order valence-corrected chi connectivity index (χ0v) is 23.9. The molecule has 2 saturated heterocycles. The molecule has 2 aromatic carbocycles. The van der Waals surface area contributed by atoms with Gasteiger partial charge in [-0.3, -0.25) is 14.6 Å². The summed E-state index contributed by atoms with van der Waals surface area (Å²) in [5.41, 5.74) is 4.22. The van der Waals surface area contributed by atoms with Crippen molar-refractivity contribution >= 4 is 12.0 Å². The Morgan fingerprint density at radius 3 is 2.42 bits per heavy atom. The smallest absolute Gasteiger partial charge is 0.411 e. The number of rotatable bonds is 6. The second kappa shape index (κ2) is 11.2. The minimum atomic E-state index is -0.791. The topological polar surface area (TPSA) is 85.7 Å². The molecule has 40 heavy (non-hydrogen) atoms. The number of hydrogen-bond acceptors (Lipinski definition) is 5. The third-order valence-electron chi connectivity index (χ3n) is 8.40. The number of halogens is 1. The molecule has 2 atom stereocenters. The summed E-state index contributed by atoms with van der Waals surface area (Å²) in [5, 5.41) is 12.6. The summed E-state index contributed by atoms with van der Waals surface area (Å²) >= 11 is 0. The van der Waals surface area contributed by atoms with Crippen LogP contribution < -0.4 is 5.32 Å². The lowest BCUT2D eigenvalue weighted by molar-refractivity contribution is -0.135. The van der Waals surface area contributed by atoms with E-state index in [0.29, 0.717) is 12.0 Å². The Kier molecular flexibility index (Phi) is 7.87. The highest BCUT2D eigenvalue weighted by Crippen LogP contribution is 2.40. The second-order valence-electron chi connectivity index (χ2n) is 12.6.